The molecule has 1 aliphatic heterocycles. The molecule has 0 saturated carbocycles. The number of aliphatic hydroxyl groups excluding tert-OH is 1. The van der Waals surface area contributed by atoms with Crippen LogP contribution in [0.1, 0.15) is 47.3 Å². The quantitative estimate of drug-likeness (QED) is 0.111. The maximum absolute atomic E-state index is 13.5. The Hall–Kier alpha value is -2.37. The van der Waals surface area contributed by atoms with Crippen LogP contribution >= 0.6 is 19.5 Å². The summed E-state index contributed by atoms with van der Waals surface area (Å²) in [6.07, 6.45) is -2.25. The minimum absolute atomic E-state index is 0.00805. The molecule has 5 atom stereocenters. The lowest BCUT2D eigenvalue weighted by Gasteiger charge is -2.27. The molecule has 0 amide bonds. The number of thioether (sulfide) groups is 1. The Morgan fingerprint density at radius 3 is 2.73 bits per heavy atom. The van der Waals surface area contributed by atoms with Gasteiger partial charge >= 0.3 is 13.7 Å². The smallest absolute Gasteiger partial charge is 0.406 e. The number of carbonyl (C=O) groups excluding carboxylic acids is 2. The van der Waals surface area contributed by atoms with Gasteiger partial charge in [0.05, 0.1) is 26.1 Å². The monoisotopic (exact) mass is 620 g/mol. The number of nitrogens with two attached hydrogens (primary N) is 1. The summed E-state index contributed by atoms with van der Waals surface area (Å²) in [4.78, 5) is 46.8. The Morgan fingerprint density at radius 2 is 2.07 bits per heavy atom. The van der Waals surface area contributed by atoms with Crippen molar-refractivity contribution in [3.8, 4) is 0 Å². The van der Waals surface area contributed by atoms with E-state index in [0.29, 0.717) is 6.42 Å². The van der Waals surface area contributed by atoms with E-state index in [2.05, 4.69) is 20.0 Å². The van der Waals surface area contributed by atoms with E-state index in [1.807, 2.05) is 20.8 Å². The van der Waals surface area contributed by atoms with Crippen molar-refractivity contribution in [2.45, 2.75) is 65.1 Å². The summed E-state index contributed by atoms with van der Waals surface area (Å²) in [5.41, 5.74) is 2.52. The molecule has 3 heterocycles. The first kappa shape index (κ1) is 33.1. The van der Waals surface area contributed by atoms with E-state index in [-0.39, 0.29) is 41.2 Å². The standard InChI is InChI=1S/C23H37N6O10PS/c1-6-22(3,4)20(33)41-9-8-37-40(35,26-10-14(30)36-7-2)38-11-13-16(31)23(5,34)19(39-13)29-12-25-15-17(29)27-21(24)28-18(15)32/h12-13,16,19,31,34H,6-11H2,1-5H3,(H,26,35)(H3,24,27,28,32)/t13-,16-,19-,23-,40?/m1/s1. The van der Waals surface area contributed by atoms with Gasteiger partial charge in [0.15, 0.2) is 22.5 Å². The number of nitrogens with zero attached hydrogens (tertiary/aromatic N) is 3. The number of hydrogen-bond acceptors (Lipinski definition) is 14. The van der Waals surface area contributed by atoms with Crippen molar-refractivity contribution in [1.29, 1.82) is 0 Å². The third-order valence-corrected chi connectivity index (χ3v) is 9.35. The van der Waals surface area contributed by atoms with Crippen LogP contribution in [0.3, 0.4) is 0 Å². The zero-order valence-corrected chi connectivity index (χ0v) is 25.2. The second-order valence-corrected chi connectivity index (χ2v) is 13.0. The van der Waals surface area contributed by atoms with Crippen LogP contribution in [-0.4, -0.2) is 90.7 Å². The number of hydrogen-bond donors (Lipinski definition) is 5. The van der Waals surface area contributed by atoms with Crippen LogP contribution in [0.25, 0.3) is 11.2 Å². The van der Waals surface area contributed by atoms with Gasteiger partial charge in [-0.05, 0) is 20.3 Å². The van der Waals surface area contributed by atoms with E-state index in [1.54, 1.807) is 6.92 Å². The summed E-state index contributed by atoms with van der Waals surface area (Å²) in [5, 5.41) is 24.3. The number of aliphatic hydroxyl groups is 2. The average Bonchev–Trinajstić information content (AvgIpc) is 3.42. The van der Waals surface area contributed by atoms with Crippen molar-refractivity contribution in [3.63, 3.8) is 0 Å². The molecule has 0 aromatic carbocycles. The van der Waals surface area contributed by atoms with Gasteiger partial charge in [0.2, 0.25) is 5.95 Å². The molecule has 1 unspecified atom stereocenters. The number of rotatable bonds is 14. The topological polar surface area (TPSA) is 230 Å². The third kappa shape index (κ3) is 7.73. The molecular weight excluding hydrogens is 583 g/mol. The van der Waals surface area contributed by atoms with Crippen molar-refractivity contribution < 1.29 is 42.9 Å². The number of H-pyrrole nitrogens is 1. The zero-order valence-electron chi connectivity index (χ0n) is 23.5. The highest BCUT2D eigenvalue weighted by molar-refractivity contribution is 8.13. The van der Waals surface area contributed by atoms with E-state index < -0.39 is 61.9 Å². The number of carbonyl (C=O) groups is 2. The molecule has 1 saturated heterocycles. The van der Waals surface area contributed by atoms with Crippen molar-refractivity contribution in [2.75, 3.05) is 37.9 Å². The van der Waals surface area contributed by atoms with Gasteiger partial charge in [0.1, 0.15) is 24.4 Å². The van der Waals surface area contributed by atoms with Gasteiger partial charge in [0.25, 0.3) is 5.56 Å². The van der Waals surface area contributed by atoms with Crippen LogP contribution in [0.2, 0.25) is 0 Å². The van der Waals surface area contributed by atoms with E-state index in [4.69, 9.17) is 24.3 Å². The van der Waals surface area contributed by atoms with Gasteiger partial charge in [-0.1, -0.05) is 32.5 Å². The SMILES string of the molecule is CCOC(=O)CNP(=O)(OCCSC(=O)C(C)(C)CC)OC[C@H]1O[C@@H](n2cnc3c(=O)[nH]c(N)nc32)[C@](C)(O)[C@@H]1O. The van der Waals surface area contributed by atoms with Crippen LogP contribution < -0.4 is 16.4 Å². The molecule has 3 rings (SSSR count). The average molecular weight is 621 g/mol. The molecule has 0 aliphatic carbocycles. The zero-order chi connectivity index (χ0) is 30.6. The fourth-order valence-electron chi connectivity index (χ4n) is 3.80. The molecule has 0 radical (unpaired) electrons. The maximum Gasteiger partial charge on any atom is 0.406 e. The molecule has 16 nitrogen and oxygen atoms in total. The molecule has 2 aromatic heterocycles. The van der Waals surface area contributed by atoms with Gasteiger partial charge in [-0.15, -0.1) is 0 Å². The summed E-state index contributed by atoms with van der Waals surface area (Å²) >= 11 is 1.02. The second kappa shape index (κ2) is 13.3. The van der Waals surface area contributed by atoms with Gasteiger partial charge < -0.3 is 25.4 Å². The first-order valence-electron chi connectivity index (χ1n) is 12.9. The highest BCUT2D eigenvalue weighted by Crippen LogP contribution is 2.46. The van der Waals surface area contributed by atoms with Crippen LogP contribution in [0, 0.1) is 5.41 Å². The number of aromatic nitrogens is 4. The van der Waals surface area contributed by atoms with Crippen LogP contribution in [0.4, 0.5) is 5.95 Å². The molecular formula is C23H37N6O10PS. The van der Waals surface area contributed by atoms with E-state index in [9.17, 15) is 29.2 Å². The third-order valence-electron chi connectivity index (χ3n) is 6.60. The highest BCUT2D eigenvalue weighted by Gasteiger charge is 2.54. The summed E-state index contributed by atoms with van der Waals surface area (Å²) in [7, 11) is -4.20. The van der Waals surface area contributed by atoms with Gasteiger partial charge in [-0.2, -0.15) is 4.98 Å². The lowest BCUT2D eigenvalue weighted by atomic mass is 9.92. The lowest BCUT2D eigenvalue weighted by Crippen LogP contribution is -2.44. The molecule has 230 valence electrons. The molecule has 1 fully saturated rings. The van der Waals surface area contributed by atoms with Crippen molar-refractivity contribution >= 4 is 47.7 Å². The highest BCUT2D eigenvalue weighted by atomic mass is 32.2. The Bertz CT molecular complexity index is 1350. The number of nitrogen functional groups attached to an aromatic ring is 1. The molecule has 41 heavy (non-hydrogen) atoms. The normalized spacial score (nSPS) is 24.4. The minimum atomic E-state index is -4.20. The number of imidazole rings is 1. The molecule has 6 N–H and O–H groups in total. The Morgan fingerprint density at radius 1 is 1.37 bits per heavy atom. The number of aromatic amines is 1. The van der Waals surface area contributed by atoms with Crippen LogP contribution in [0.5, 0.6) is 0 Å². The molecule has 18 heteroatoms. The number of fused-ring (bicyclic) bond motifs is 1. The summed E-state index contributed by atoms with van der Waals surface area (Å²) < 4.78 is 36.4. The number of esters is 1. The number of ether oxygens (including phenoxy) is 2. The first-order chi connectivity index (χ1) is 19.1. The lowest BCUT2D eigenvalue weighted by molar-refractivity contribution is -0.141. The Balaban J connectivity index is 1.72. The van der Waals surface area contributed by atoms with E-state index in [0.717, 1.165) is 11.8 Å². The minimum Gasteiger partial charge on any atom is -0.465 e. The number of nitrogens with one attached hydrogen (secondary N) is 2. The summed E-state index contributed by atoms with van der Waals surface area (Å²) in [6, 6.07) is 0. The fraction of sp³-hybridized carbons (Fsp3) is 0.696. The van der Waals surface area contributed by atoms with Crippen molar-refractivity contribution in [3.05, 3.63) is 16.7 Å². The van der Waals surface area contributed by atoms with Crippen LogP contribution in [-0.2, 0) is 32.7 Å². The van der Waals surface area contributed by atoms with Crippen molar-refractivity contribution in [2.24, 2.45) is 5.41 Å². The molecule has 2 aromatic rings. The molecule has 1 aliphatic rings. The largest absolute Gasteiger partial charge is 0.465 e. The first-order valence-corrected chi connectivity index (χ1v) is 15.4. The van der Waals surface area contributed by atoms with Crippen LogP contribution in [0.15, 0.2) is 11.1 Å². The van der Waals surface area contributed by atoms with E-state index >= 15 is 0 Å². The molecule has 0 spiro atoms. The van der Waals surface area contributed by atoms with Crippen molar-refractivity contribution in [1.82, 2.24) is 24.6 Å². The second-order valence-electron chi connectivity index (χ2n) is 10.1. The predicted octanol–water partition coefficient (Wildman–Crippen LogP) is 0.701. The Kier molecular flexibility index (Phi) is 10.7. The van der Waals surface area contributed by atoms with Gasteiger partial charge in [-0.25, -0.2) is 14.6 Å². The van der Waals surface area contributed by atoms with Gasteiger partial charge in [-0.3, -0.25) is 33.0 Å². The predicted molar refractivity (Wildman–Crippen MR) is 149 cm³/mol. The number of anilines is 1. The fourth-order valence-corrected chi connectivity index (χ4v) is 6.06. The van der Waals surface area contributed by atoms with E-state index in [1.165, 1.54) is 17.8 Å². The summed E-state index contributed by atoms with van der Waals surface area (Å²) in [5.74, 6) is -0.729. The Labute approximate surface area is 240 Å². The maximum atomic E-state index is 13.5. The molecule has 0 bridgehead atoms. The van der Waals surface area contributed by atoms with Gasteiger partial charge in [0, 0.05) is 11.2 Å². The summed E-state index contributed by atoms with van der Waals surface area (Å²) in [6.45, 7) is 7.35.